The van der Waals surface area contributed by atoms with Crippen LogP contribution in [0.5, 0.6) is 0 Å². The minimum absolute atomic E-state index is 0.00135. The lowest BCUT2D eigenvalue weighted by Gasteiger charge is -2.36. The predicted molar refractivity (Wildman–Crippen MR) is 116 cm³/mol. The molecular weight excluding hydrogens is 368 g/mol. The van der Waals surface area contributed by atoms with Crippen LogP contribution in [0.3, 0.4) is 0 Å². The Balaban J connectivity index is 1.61. The van der Waals surface area contributed by atoms with Gasteiger partial charge < -0.3 is 15.1 Å². The van der Waals surface area contributed by atoms with Gasteiger partial charge in [-0.2, -0.15) is 0 Å². The van der Waals surface area contributed by atoms with E-state index in [4.69, 9.17) is 0 Å². The lowest BCUT2D eigenvalue weighted by molar-refractivity contribution is -0.384. The van der Waals surface area contributed by atoms with Gasteiger partial charge in [-0.3, -0.25) is 14.9 Å². The molecule has 1 aliphatic heterocycles. The first-order valence-corrected chi connectivity index (χ1v) is 9.77. The Bertz CT molecular complexity index is 918. The standard InChI is InChI=1S/C22H26N4O3/c1-3-24-11-13-25(14-12-24)21-9-8-19(15-17(21)2)23-22(27)10-7-18-5-4-6-20(16-18)26(28)29/h4-10,15-16H,3,11-14H2,1-2H3,(H,23,27)/b10-7+. The van der Waals surface area contributed by atoms with Crippen LogP contribution < -0.4 is 10.2 Å². The number of carbonyl (C=O) groups is 1. The van der Waals surface area contributed by atoms with Crippen molar-refractivity contribution in [3.63, 3.8) is 0 Å². The van der Waals surface area contributed by atoms with Crippen molar-refractivity contribution in [2.24, 2.45) is 0 Å². The van der Waals surface area contributed by atoms with Gasteiger partial charge in [0.2, 0.25) is 5.91 Å². The van der Waals surface area contributed by atoms with Gasteiger partial charge in [-0.05, 0) is 48.9 Å². The summed E-state index contributed by atoms with van der Waals surface area (Å²) in [5.41, 5.74) is 3.65. The molecule has 0 bridgehead atoms. The average Bonchev–Trinajstić information content (AvgIpc) is 2.73. The highest BCUT2D eigenvalue weighted by molar-refractivity contribution is 6.02. The number of nitro benzene ring substituents is 1. The zero-order valence-corrected chi connectivity index (χ0v) is 16.8. The van der Waals surface area contributed by atoms with Crippen molar-refractivity contribution in [3.05, 3.63) is 69.8 Å². The molecule has 0 atom stereocenters. The van der Waals surface area contributed by atoms with E-state index in [1.807, 2.05) is 12.1 Å². The van der Waals surface area contributed by atoms with Crippen molar-refractivity contribution in [1.82, 2.24) is 4.90 Å². The quantitative estimate of drug-likeness (QED) is 0.459. The van der Waals surface area contributed by atoms with Gasteiger partial charge in [0.15, 0.2) is 0 Å². The molecular formula is C22H26N4O3. The number of hydrogen-bond acceptors (Lipinski definition) is 5. The number of rotatable bonds is 6. The van der Waals surface area contributed by atoms with Gasteiger partial charge in [-0.25, -0.2) is 0 Å². The fourth-order valence-corrected chi connectivity index (χ4v) is 3.49. The molecule has 7 nitrogen and oxygen atoms in total. The molecule has 0 spiro atoms. The maximum absolute atomic E-state index is 12.2. The monoisotopic (exact) mass is 394 g/mol. The first-order chi connectivity index (χ1) is 14.0. The molecule has 29 heavy (non-hydrogen) atoms. The van der Waals surface area contributed by atoms with Crippen molar-refractivity contribution in [2.75, 3.05) is 42.9 Å². The second-order valence-electron chi connectivity index (χ2n) is 7.10. The second-order valence-corrected chi connectivity index (χ2v) is 7.10. The summed E-state index contributed by atoms with van der Waals surface area (Å²) in [4.78, 5) is 27.4. The predicted octanol–water partition coefficient (Wildman–Crippen LogP) is 3.70. The Morgan fingerprint density at radius 2 is 1.93 bits per heavy atom. The van der Waals surface area contributed by atoms with E-state index in [9.17, 15) is 14.9 Å². The number of nitrogens with one attached hydrogen (secondary N) is 1. The first kappa shape index (κ1) is 20.5. The Morgan fingerprint density at radius 3 is 2.59 bits per heavy atom. The van der Waals surface area contributed by atoms with E-state index in [2.05, 4.69) is 35.0 Å². The van der Waals surface area contributed by atoms with Crippen LogP contribution in [-0.4, -0.2) is 48.5 Å². The molecule has 152 valence electrons. The van der Waals surface area contributed by atoms with E-state index in [-0.39, 0.29) is 11.6 Å². The largest absolute Gasteiger partial charge is 0.369 e. The van der Waals surface area contributed by atoms with Crippen molar-refractivity contribution in [3.8, 4) is 0 Å². The highest BCUT2D eigenvalue weighted by Gasteiger charge is 2.17. The highest BCUT2D eigenvalue weighted by atomic mass is 16.6. The maximum Gasteiger partial charge on any atom is 0.270 e. The highest BCUT2D eigenvalue weighted by Crippen LogP contribution is 2.25. The van der Waals surface area contributed by atoms with Crippen LogP contribution in [0.15, 0.2) is 48.5 Å². The fourth-order valence-electron chi connectivity index (χ4n) is 3.49. The van der Waals surface area contributed by atoms with Gasteiger partial charge in [0.05, 0.1) is 4.92 Å². The summed E-state index contributed by atoms with van der Waals surface area (Å²) in [5, 5.41) is 13.7. The maximum atomic E-state index is 12.2. The van der Waals surface area contributed by atoms with Crippen LogP contribution in [0.25, 0.3) is 6.08 Å². The summed E-state index contributed by atoms with van der Waals surface area (Å²) >= 11 is 0. The SMILES string of the molecule is CCN1CCN(c2ccc(NC(=O)/C=C/c3cccc([N+](=O)[O-])c3)cc2C)CC1. The molecule has 1 aliphatic rings. The third-order valence-electron chi connectivity index (χ3n) is 5.13. The Kier molecular flexibility index (Phi) is 6.61. The average molecular weight is 394 g/mol. The van der Waals surface area contributed by atoms with Gasteiger partial charge in [0, 0.05) is 55.8 Å². The Labute approximate surface area is 170 Å². The van der Waals surface area contributed by atoms with Crippen molar-refractivity contribution in [2.45, 2.75) is 13.8 Å². The lowest BCUT2D eigenvalue weighted by atomic mass is 10.1. The summed E-state index contributed by atoms with van der Waals surface area (Å²) in [6, 6.07) is 12.1. The van der Waals surface area contributed by atoms with E-state index < -0.39 is 4.92 Å². The minimum Gasteiger partial charge on any atom is -0.369 e. The molecule has 0 saturated carbocycles. The number of likely N-dealkylation sites (N-methyl/N-ethyl adjacent to an activating group) is 1. The number of anilines is 2. The van der Waals surface area contributed by atoms with E-state index in [1.165, 1.54) is 23.9 Å². The molecule has 2 aromatic carbocycles. The van der Waals surface area contributed by atoms with Gasteiger partial charge >= 0.3 is 0 Å². The van der Waals surface area contributed by atoms with Gasteiger partial charge in [-0.15, -0.1) is 0 Å². The molecule has 1 N–H and O–H groups in total. The number of amides is 1. The zero-order chi connectivity index (χ0) is 20.8. The van der Waals surface area contributed by atoms with E-state index in [0.29, 0.717) is 5.56 Å². The van der Waals surface area contributed by atoms with Crippen LogP contribution in [0, 0.1) is 17.0 Å². The Morgan fingerprint density at radius 1 is 1.17 bits per heavy atom. The smallest absolute Gasteiger partial charge is 0.270 e. The molecule has 3 rings (SSSR count). The normalized spacial score (nSPS) is 14.9. The summed E-state index contributed by atoms with van der Waals surface area (Å²) in [7, 11) is 0. The third-order valence-corrected chi connectivity index (χ3v) is 5.13. The summed E-state index contributed by atoms with van der Waals surface area (Å²) < 4.78 is 0. The van der Waals surface area contributed by atoms with Crippen molar-refractivity contribution < 1.29 is 9.72 Å². The molecule has 0 unspecified atom stereocenters. The van der Waals surface area contributed by atoms with Gasteiger partial charge in [0.1, 0.15) is 0 Å². The fraction of sp³-hybridized carbons (Fsp3) is 0.318. The molecule has 0 aliphatic carbocycles. The summed E-state index contributed by atoms with van der Waals surface area (Å²) in [6.07, 6.45) is 2.95. The number of benzene rings is 2. The number of non-ortho nitro benzene ring substituents is 1. The van der Waals surface area contributed by atoms with E-state index >= 15 is 0 Å². The molecule has 1 saturated heterocycles. The van der Waals surface area contributed by atoms with Crippen LogP contribution in [0.4, 0.5) is 17.1 Å². The molecule has 2 aromatic rings. The van der Waals surface area contributed by atoms with Gasteiger partial charge in [0.25, 0.3) is 5.69 Å². The van der Waals surface area contributed by atoms with Crippen molar-refractivity contribution in [1.29, 1.82) is 0 Å². The van der Waals surface area contributed by atoms with E-state index in [0.717, 1.165) is 44.0 Å². The molecule has 1 amide bonds. The number of hydrogen-bond donors (Lipinski definition) is 1. The minimum atomic E-state index is -0.455. The molecule has 0 radical (unpaired) electrons. The molecule has 1 fully saturated rings. The number of nitrogens with zero attached hydrogens (tertiary/aromatic N) is 3. The summed E-state index contributed by atoms with van der Waals surface area (Å²) in [6.45, 7) is 9.47. The molecule has 0 aromatic heterocycles. The number of piperazine rings is 1. The second kappa shape index (κ2) is 9.34. The zero-order valence-electron chi connectivity index (χ0n) is 16.8. The van der Waals surface area contributed by atoms with Crippen LogP contribution in [0.2, 0.25) is 0 Å². The number of nitro groups is 1. The topological polar surface area (TPSA) is 78.7 Å². The Hall–Kier alpha value is -3.19. The van der Waals surface area contributed by atoms with Crippen LogP contribution in [-0.2, 0) is 4.79 Å². The van der Waals surface area contributed by atoms with Crippen molar-refractivity contribution >= 4 is 29.0 Å². The lowest BCUT2D eigenvalue weighted by Crippen LogP contribution is -2.46. The molecule has 1 heterocycles. The number of carbonyl (C=O) groups excluding carboxylic acids is 1. The van der Waals surface area contributed by atoms with Crippen LogP contribution in [0.1, 0.15) is 18.1 Å². The van der Waals surface area contributed by atoms with Crippen LogP contribution >= 0.6 is 0 Å². The third kappa shape index (κ3) is 5.42. The molecule has 7 heteroatoms. The van der Waals surface area contributed by atoms with E-state index in [1.54, 1.807) is 18.2 Å². The first-order valence-electron chi connectivity index (χ1n) is 9.77. The number of aryl methyl sites for hydroxylation is 1. The van der Waals surface area contributed by atoms with Gasteiger partial charge in [-0.1, -0.05) is 19.1 Å². The summed E-state index contributed by atoms with van der Waals surface area (Å²) in [5.74, 6) is -0.278.